The highest BCUT2D eigenvalue weighted by molar-refractivity contribution is 5.47. The molecule has 132 valence electrons. The zero-order valence-electron chi connectivity index (χ0n) is 13.3. The van der Waals surface area contributed by atoms with Gasteiger partial charge in [-0.05, 0) is 6.92 Å². The van der Waals surface area contributed by atoms with Gasteiger partial charge in [0, 0.05) is 32.7 Å². The molecule has 0 N–H and O–H groups in total. The Morgan fingerprint density at radius 3 is 2.62 bits per heavy atom. The third-order valence-electron chi connectivity index (χ3n) is 3.85. The molecule has 7 nitrogen and oxygen atoms in total. The lowest BCUT2D eigenvalue weighted by Crippen LogP contribution is -2.48. The van der Waals surface area contributed by atoms with E-state index in [9.17, 15) is 13.2 Å². The largest absolute Gasteiger partial charge is 0.411 e. The molecule has 1 fully saturated rings. The fourth-order valence-electron chi connectivity index (χ4n) is 2.71. The van der Waals surface area contributed by atoms with E-state index >= 15 is 0 Å². The molecule has 1 aliphatic heterocycles. The summed E-state index contributed by atoms with van der Waals surface area (Å²) in [4.78, 5) is 12.7. The summed E-state index contributed by atoms with van der Waals surface area (Å²) in [6.07, 6.45) is -0.846. The van der Waals surface area contributed by atoms with Gasteiger partial charge in [0.15, 0.2) is 11.5 Å². The SMILES string of the molecule is Cc1nc2cncc(N3CCN(CCOCC(F)(F)F)CC3)n2n1. The summed E-state index contributed by atoms with van der Waals surface area (Å²) >= 11 is 0. The lowest BCUT2D eigenvalue weighted by atomic mass is 10.3. The van der Waals surface area contributed by atoms with Gasteiger partial charge >= 0.3 is 6.18 Å². The summed E-state index contributed by atoms with van der Waals surface area (Å²) in [7, 11) is 0. The summed E-state index contributed by atoms with van der Waals surface area (Å²) in [5.74, 6) is 1.56. The van der Waals surface area contributed by atoms with Crippen LogP contribution < -0.4 is 4.90 Å². The molecule has 0 aromatic carbocycles. The molecular formula is C14H19F3N6O. The molecule has 1 aliphatic rings. The van der Waals surface area contributed by atoms with E-state index in [0.717, 1.165) is 32.0 Å². The van der Waals surface area contributed by atoms with Crippen molar-refractivity contribution < 1.29 is 17.9 Å². The molecule has 0 atom stereocenters. The Bertz CT molecular complexity index is 681. The first kappa shape index (κ1) is 16.9. The number of hydrogen-bond acceptors (Lipinski definition) is 6. The van der Waals surface area contributed by atoms with Crippen LogP contribution in [0.3, 0.4) is 0 Å². The minimum atomic E-state index is -4.26. The zero-order valence-corrected chi connectivity index (χ0v) is 13.3. The van der Waals surface area contributed by atoms with E-state index in [2.05, 4.69) is 29.6 Å². The monoisotopic (exact) mass is 344 g/mol. The zero-order chi connectivity index (χ0) is 17.2. The highest BCUT2D eigenvalue weighted by atomic mass is 19.4. The van der Waals surface area contributed by atoms with E-state index in [-0.39, 0.29) is 6.61 Å². The summed E-state index contributed by atoms with van der Waals surface area (Å²) in [5.41, 5.74) is 0.702. The molecular weight excluding hydrogens is 325 g/mol. The lowest BCUT2D eigenvalue weighted by Gasteiger charge is -2.35. The second kappa shape index (κ2) is 6.89. The topological polar surface area (TPSA) is 58.8 Å². The summed E-state index contributed by atoms with van der Waals surface area (Å²) < 4.78 is 42.5. The average Bonchev–Trinajstić information content (AvgIpc) is 2.91. The van der Waals surface area contributed by atoms with Crippen LogP contribution in [0.5, 0.6) is 0 Å². The van der Waals surface area contributed by atoms with Crippen molar-refractivity contribution >= 4 is 11.5 Å². The number of alkyl halides is 3. The van der Waals surface area contributed by atoms with Gasteiger partial charge in [-0.1, -0.05) is 0 Å². The van der Waals surface area contributed by atoms with Crippen LogP contribution >= 0.6 is 0 Å². The van der Waals surface area contributed by atoms with Crippen molar-refractivity contribution in [2.24, 2.45) is 0 Å². The average molecular weight is 344 g/mol. The molecule has 0 saturated carbocycles. The molecule has 2 aromatic rings. The van der Waals surface area contributed by atoms with Crippen molar-refractivity contribution in [3.05, 3.63) is 18.2 Å². The van der Waals surface area contributed by atoms with E-state index in [1.165, 1.54) is 0 Å². The molecule has 24 heavy (non-hydrogen) atoms. The van der Waals surface area contributed by atoms with Crippen molar-refractivity contribution in [2.45, 2.75) is 13.1 Å². The van der Waals surface area contributed by atoms with Crippen molar-refractivity contribution in [1.82, 2.24) is 24.5 Å². The highest BCUT2D eigenvalue weighted by Gasteiger charge is 2.27. The van der Waals surface area contributed by atoms with Gasteiger partial charge < -0.3 is 9.64 Å². The van der Waals surface area contributed by atoms with E-state index in [0.29, 0.717) is 18.0 Å². The Morgan fingerprint density at radius 1 is 1.17 bits per heavy atom. The van der Waals surface area contributed by atoms with Gasteiger partial charge in [-0.15, -0.1) is 5.10 Å². The maximum absolute atomic E-state index is 12.0. The standard InChI is InChI=1S/C14H19F3N6O/c1-11-19-12-8-18-9-13(23(12)20-11)22-4-2-21(3-5-22)6-7-24-10-14(15,16)17/h8-9H,2-7,10H2,1H3. The second-order valence-corrected chi connectivity index (χ2v) is 5.69. The van der Waals surface area contributed by atoms with Gasteiger partial charge in [-0.2, -0.15) is 17.7 Å². The van der Waals surface area contributed by atoms with E-state index < -0.39 is 12.8 Å². The first-order chi connectivity index (χ1) is 11.4. The molecule has 2 aromatic heterocycles. The first-order valence-electron chi connectivity index (χ1n) is 7.71. The fraction of sp³-hybridized carbons (Fsp3) is 0.643. The van der Waals surface area contributed by atoms with E-state index in [4.69, 9.17) is 0 Å². The van der Waals surface area contributed by atoms with Crippen LogP contribution in [0.15, 0.2) is 12.4 Å². The Labute approximate surface area is 137 Å². The van der Waals surface area contributed by atoms with Crippen molar-refractivity contribution in [2.75, 3.05) is 50.8 Å². The van der Waals surface area contributed by atoms with Gasteiger partial charge in [-0.25, -0.2) is 4.98 Å². The molecule has 0 amide bonds. The minimum Gasteiger partial charge on any atom is -0.371 e. The molecule has 0 spiro atoms. The summed E-state index contributed by atoms with van der Waals surface area (Å²) in [6, 6.07) is 0. The van der Waals surface area contributed by atoms with Gasteiger partial charge in [-0.3, -0.25) is 9.88 Å². The van der Waals surface area contributed by atoms with Crippen LogP contribution in [0.4, 0.5) is 19.0 Å². The van der Waals surface area contributed by atoms with Gasteiger partial charge in [0.25, 0.3) is 0 Å². The van der Waals surface area contributed by atoms with Gasteiger partial charge in [0.1, 0.15) is 12.4 Å². The first-order valence-corrected chi connectivity index (χ1v) is 7.71. The lowest BCUT2D eigenvalue weighted by molar-refractivity contribution is -0.174. The maximum Gasteiger partial charge on any atom is 0.411 e. The van der Waals surface area contributed by atoms with Crippen molar-refractivity contribution in [3.8, 4) is 0 Å². The smallest absolute Gasteiger partial charge is 0.371 e. The van der Waals surface area contributed by atoms with E-state index in [1.54, 1.807) is 16.9 Å². The molecule has 0 radical (unpaired) electrons. The number of hydrogen-bond donors (Lipinski definition) is 0. The second-order valence-electron chi connectivity index (χ2n) is 5.69. The van der Waals surface area contributed by atoms with Crippen LogP contribution in [-0.2, 0) is 4.74 Å². The molecule has 1 saturated heterocycles. The molecule has 3 heterocycles. The maximum atomic E-state index is 12.0. The van der Waals surface area contributed by atoms with Crippen LogP contribution in [0.2, 0.25) is 0 Å². The molecule has 3 rings (SSSR count). The quantitative estimate of drug-likeness (QED) is 0.758. The predicted molar refractivity (Wildman–Crippen MR) is 81.0 cm³/mol. The molecule has 10 heteroatoms. The molecule has 0 unspecified atom stereocenters. The normalized spacial score (nSPS) is 16.9. The number of aromatic nitrogens is 4. The number of anilines is 1. The Hall–Kier alpha value is -1.94. The highest BCUT2D eigenvalue weighted by Crippen LogP contribution is 2.17. The number of fused-ring (bicyclic) bond motifs is 1. The Kier molecular flexibility index (Phi) is 4.86. The van der Waals surface area contributed by atoms with Crippen molar-refractivity contribution in [3.63, 3.8) is 0 Å². The number of aryl methyl sites for hydroxylation is 1. The minimum absolute atomic E-state index is 0.0823. The number of halogens is 3. The Morgan fingerprint density at radius 2 is 1.92 bits per heavy atom. The number of nitrogens with zero attached hydrogens (tertiary/aromatic N) is 6. The molecule has 0 aliphatic carbocycles. The summed E-state index contributed by atoms with van der Waals surface area (Å²) in [6.45, 7) is 4.21. The number of piperazine rings is 1. The van der Waals surface area contributed by atoms with Crippen LogP contribution in [-0.4, -0.2) is 76.6 Å². The van der Waals surface area contributed by atoms with Gasteiger partial charge in [0.05, 0.1) is 19.0 Å². The number of rotatable bonds is 5. The van der Waals surface area contributed by atoms with Gasteiger partial charge in [0.2, 0.25) is 0 Å². The van der Waals surface area contributed by atoms with Crippen molar-refractivity contribution in [1.29, 1.82) is 0 Å². The van der Waals surface area contributed by atoms with Crippen LogP contribution in [0, 0.1) is 6.92 Å². The van der Waals surface area contributed by atoms with E-state index in [1.807, 2.05) is 6.92 Å². The van der Waals surface area contributed by atoms with Crippen LogP contribution in [0.25, 0.3) is 5.65 Å². The summed E-state index contributed by atoms with van der Waals surface area (Å²) in [5, 5.41) is 4.37. The molecule has 0 bridgehead atoms. The Balaban J connectivity index is 1.51. The third kappa shape index (κ3) is 4.12. The number of ether oxygens (including phenoxy) is 1. The predicted octanol–water partition coefficient (Wildman–Crippen LogP) is 1.13. The van der Waals surface area contributed by atoms with Crippen LogP contribution in [0.1, 0.15) is 5.82 Å². The third-order valence-corrected chi connectivity index (χ3v) is 3.85. The fourth-order valence-corrected chi connectivity index (χ4v) is 2.71.